The first-order valence-corrected chi connectivity index (χ1v) is 16.4. The maximum Gasteiger partial charge on any atom is 0.251 e. The molecule has 6 unspecified atom stereocenters. The number of aliphatic hydroxyl groups excluding tert-OH is 1. The molecule has 12 heteroatoms. The number of amides is 1. The van der Waals surface area contributed by atoms with Crippen LogP contribution in [0.15, 0.2) is 75.8 Å². The third-order valence-corrected chi connectivity index (χ3v) is 7.90. The minimum absolute atomic E-state index is 0.139. The van der Waals surface area contributed by atoms with Gasteiger partial charge in [-0.2, -0.15) is 0 Å². The van der Waals surface area contributed by atoms with Crippen LogP contribution in [0, 0.1) is 16.7 Å². The van der Waals surface area contributed by atoms with Gasteiger partial charge in [0.05, 0.1) is 17.9 Å². The fraction of sp³-hybridized carbons (Fsp3) is 0.583. The monoisotopic (exact) mass is 672 g/mol. The minimum Gasteiger partial charge on any atom is -0.390 e. The van der Waals surface area contributed by atoms with Crippen molar-refractivity contribution in [3.63, 3.8) is 0 Å². The lowest BCUT2D eigenvalue weighted by Crippen LogP contribution is -2.36. The molecule has 0 spiro atoms. The molecule has 6 atom stereocenters. The Morgan fingerprint density at radius 3 is 2.44 bits per heavy atom. The number of allylic oxidation sites excluding steroid dienone is 5. The highest BCUT2D eigenvalue weighted by atomic mass is 16.5. The number of carbonyl (C=O) groups excluding carboxylic acids is 3. The number of hydrogen-bond donors (Lipinski definition) is 4. The summed E-state index contributed by atoms with van der Waals surface area (Å²) in [6, 6.07) is 0. The summed E-state index contributed by atoms with van der Waals surface area (Å²) in [4.78, 5) is 49.8. The van der Waals surface area contributed by atoms with Crippen LogP contribution in [0.1, 0.15) is 60.8 Å². The second kappa shape index (κ2) is 23.7. The summed E-state index contributed by atoms with van der Waals surface area (Å²) in [5.41, 5.74) is 1.76. The highest BCUT2D eigenvalue weighted by molar-refractivity contribution is 6.07. The summed E-state index contributed by atoms with van der Waals surface area (Å²) in [6.07, 6.45) is 11.3. The SMILES string of the molecule is CCCNC/C=C/CN/C1=C(/C=O)CC(C)CC(OC)C(O)C(C)/C=C(\C)C(OCN=O)C(OC)/C=C\C=C(/C)C(=O)N/C(C)=C/C1=O. The van der Waals surface area contributed by atoms with Crippen molar-refractivity contribution in [3.05, 3.63) is 75.6 Å². The van der Waals surface area contributed by atoms with Gasteiger partial charge in [0.1, 0.15) is 18.5 Å². The quantitative estimate of drug-likeness (QED) is 0.0965. The number of ether oxygens (including phenoxy) is 3. The standard InChI is InChI=1S/C36H56N4O8/c1-9-15-37-16-10-11-17-38-33-29(22-41)18-24(2)19-32(47-8)34(43)26(4)20-27(5)35(48-23-39-45)31(46-7)14-12-13-25(3)36(44)40-28(6)21-30(33)42/h10-14,20-22,24,26,31-32,34-35,37-38,43H,9,15-19,23H2,1-8H3,(H,40,44)/b11-10+,14-12-,25-13+,27-20+,28-21+,33-29+. The predicted octanol–water partition coefficient (Wildman–Crippen LogP) is 4.19. The van der Waals surface area contributed by atoms with E-state index in [-0.39, 0.29) is 23.6 Å². The van der Waals surface area contributed by atoms with E-state index in [0.29, 0.717) is 42.6 Å². The van der Waals surface area contributed by atoms with E-state index in [1.807, 2.05) is 39.0 Å². The molecule has 12 nitrogen and oxygen atoms in total. The number of nitroso groups, excluding NO2 is 1. The van der Waals surface area contributed by atoms with Crippen LogP contribution in [0.25, 0.3) is 0 Å². The molecular weight excluding hydrogens is 616 g/mol. The Labute approximate surface area is 285 Å². The van der Waals surface area contributed by atoms with Gasteiger partial charge in [0, 0.05) is 56.1 Å². The Morgan fingerprint density at radius 1 is 1.10 bits per heavy atom. The van der Waals surface area contributed by atoms with Crippen molar-refractivity contribution in [2.24, 2.45) is 17.0 Å². The summed E-state index contributed by atoms with van der Waals surface area (Å²) >= 11 is 0. The van der Waals surface area contributed by atoms with Crippen LogP contribution >= 0.6 is 0 Å². The van der Waals surface area contributed by atoms with E-state index in [9.17, 15) is 24.4 Å². The highest BCUT2D eigenvalue weighted by Gasteiger charge is 2.29. The average molecular weight is 673 g/mol. The molecule has 1 amide bonds. The molecule has 1 aliphatic rings. The predicted molar refractivity (Wildman–Crippen MR) is 188 cm³/mol. The topological polar surface area (TPSA) is 165 Å². The van der Waals surface area contributed by atoms with Gasteiger partial charge in [0.15, 0.2) is 6.73 Å². The number of nitrogens with zero attached hydrogens (tertiary/aromatic N) is 1. The van der Waals surface area contributed by atoms with E-state index in [0.717, 1.165) is 13.0 Å². The van der Waals surface area contributed by atoms with Crippen molar-refractivity contribution in [3.8, 4) is 0 Å². The van der Waals surface area contributed by atoms with Gasteiger partial charge in [0.25, 0.3) is 5.91 Å². The van der Waals surface area contributed by atoms with Crippen molar-refractivity contribution >= 4 is 18.0 Å². The van der Waals surface area contributed by atoms with Gasteiger partial charge in [-0.1, -0.05) is 57.2 Å². The van der Waals surface area contributed by atoms with Crippen molar-refractivity contribution in [2.75, 3.05) is 40.6 Å². The van der Waals surface area contributed by atoms with Gasteiger partial charge in [-0.15, -0.1) is 4.91 Å². The minimum atomic E-state index is -0.925. The van der Waals surface area contributed by atoms with Crippen LogP contribution in [-0.2, 0) is 28.6 Å². The molecule has 48 heavy (non-hydrogen) atoms. The Bertz CT molecular complexity index is 1240. The van der Waals surface area contributed by atoms with Crippen LogP contribution in [-0.4, -0.2) is 88.1 Å². The average Bonchev–Trinajstić information content (AvgIpc) is 3.05. The summed E-state index contributed by atoms with van der Waals surface area (Å²) in [5, 5.41) is 23.3. The lowest BCUT2D eigenvalue weighted by atomic mass is 9.88. The number of hydrogen-bond acceptors (Lipinski definition) is 11. The molecule has 0 aromatic rings. The maximum atomic E-state index is 13.5. The van der Waals surface area contributed by atoms with Crippen molar-refractivity contribution in [1.29, 1.82) is 0 Å². The number of aliphatic hydroxyl groups is 1. The number of ketones is 1. The lowest BCUT2D eigenvalue weighted by molar-refractivity contribution is -0.116. The molecular formula is C36H56N4O8. The van der Waals surface area contributed by atoms with E-state index in [1.165, 1.54) is 20.3 Å². The molecule has 0 saturated heterocycles. The Hall–Kier alpha value is -3.55. The molecule has 0 saturated carbocycles. The molecule has 0 bridgehead atoms. The fourth-order valence-electron chi connectivity index (χ4n) is 5.30. The summed E-state index contributed by atoms with van der Waals surface area (Å²) in [6.45, 7) is 12.4. The van der Waals surface area contributed by atoms with E-state index < -0.39 is 48.8 Å². The Morgan fingerprint density at radius 2 is 1.81 bits per heavy atom. The van der Waals surface area contributed by atoms with E-state index in [1.54, 1.807) is 32.1 Å². The Kier molecular flexibility index (Phi) is 21.0. The fourth-order valence-corrected chi connectivity index (χ4v) is 5.30. The van der Waals surface area contributed by atoms with Crippen LogP contribution < -0.4 is 16.0 Å². The van der Waals surface area contributed by atoms with Crippen molar-refractivity contribution < 1.29 is 33.7 Å². The van der Waals surface area contributed by atoms with Gasteiger partial charge < -0.3 is 35.3 Å². The van der Waals surface area contributed by atoms with E-state index >= 15 is 0 Å². The van der Waals surface area contributed by atoms with Crippen LogP contribution in [0.4, 0.5) is 0 Å². The number of methoxy groups -OCH3 is 2. The molecule has 0 aromatic heterocycles. The molecule has 268 valence electrons. The molecule has 0 aliphatic carbocycles. The van der Waals surface area contributed by atoms with Crippen molar-refractivity contribution in [2.45, 2.75) is 85.2 Å². The maximum absolute atomic E-state index is 13.5. The zero-order valence-corrected chi connectivity index (χ0v) is 29.8. The second-order valence-corrected chi connectivity index (χ2v) is 12.1. The van der Waals surface area contributed by atoms with Gasteiger partial charge in [-0.3, -0.25) is 14.4 Å². The van der Waals surface area contributed by atoms with Gasteiger partial charge in [-0.05, 0) is 63.2 Å². The zero-order valence-electron chi connectivity index (χ0n) is 29.8. The third-order valence-electron chi connectivity index (χ3n) is 7.90. The number of nitrogens with one attached hydrogen (secondary N) is 3. The number of carbonyl (C=O) groups is 3. The van der Waals surface area contributed by atoms with E-state index in [4.69, 9.17) is 14.2 Å². The molecule has 1 rings (SSSR count). The van der Waals surface area contributed by atoms with Crippen LogP contribution in [0.2, 0.25) is 0 Å². The number of aldehydes is 1. The van der Waals surface area contributed by atoms with E-state index in [2.05, 4.69) is 28.1 Å². The molecule has 1 aliphatic heterocycles. The molecule has 4 N–H and O–H groups in total. The second-order valence-electron chi connectivity index (χ2n) is 12.1. The zero-order chi connectivity index (χ0) is 36.1. The van der Waals surface area contributed by atoms with Gasteiger partial charge in [0.2, 0.25) is 5.78 Å². The first kappa shape index (κ1) is 42.5. The van der Waals surface area contributed by atoms with Crippen molar-refractivity contribution in [1.82, 2.24) is 16.0 Å². The normalized spacial score (nSPS) is 31.3. The largest absolute Gasteiger partial charge is 0.390 e. The molecule has 0 aromatic carbocycles. The molecule has 0 fully saturated rings. The molecule has 0 radical (unpaired) electrons. The first-order chi connectivity index (χ1) is 22.9. The lowest BCUT2D eigenvalue weighted by Gasteiger charge is -2.29. The molecule has 1 heterocycles. The summed E-state index contributed by atoms with van der Waals surface area (Å²) in [5.74, 6) is -1.44. The van der Waals surface area contributed by atoms with Gasteiger partial charge in [-0.25, -0.2) is 0 Å². The van der Waals surface area contributed by atoms with Crippen LogP contribution in [0.3, 0.4) is 0 Å². The van der Waals surface area contributed by atoms with Crippen LogP contribution in [0.5, 0.6) is 0 Å². The number of rotatable bonds is 13. The highest BCUT2D eigenvalue weighted by Crippen LogP contribution is 2.25. The first-order valence-electron chi connectivity index (χ1n) is 16.4. The smallest absolute Gasteiger partial charge is 0.251 e. The summed E-state index contributed by atoms with van der Waals surface area (Å²) < 4.78 is 17.1. The summed E-state index contributed by atoms with van der Waals surface area (Å²) in [7, 11) is 3.01. The van der Waals surface area contributed by atoms with Gasteiger partial charge >= 0.3 is 0 Å². The Balaban J connectivity index is 3.62. The third kappa shape index (κ3) is 15.1.